The first-order chi connectivity index (χ1) is 10.1. The van der Waals surface area contributed by atoms with Gasteiger partial charge in [-0.2, -0.15) is 0 Å². The first-order valence-electron chi connectivity index (χ1n) is 7.19. The lowest BCUT2D eigenvalue weighted by Gasteiger charge is -2.19. The average Bonchev–Trinajstić information content (AvgIpc) is 2.63. The lowest BCUT2D eigenvalue weighted by Crippen LogP contribution is -2.35. The van der Waals surface area contributed by atoms with E-state index in [4.69, 9.17) is 5.11 Å². The van der Waals surface area contributed by atoms with Crippen LogP contribution in [0.1, 0.15) is 43.2 Å². The molecular formula is C17H19NO3. The monoisotopic (exact) mass is 285 g/mol. The topological polar surface area (TPSA) is 57.6 Å². The van der Waals surface area contributed by atoms with Gasteiger partial charge in [0.1, 0.15) is 0 Å². The Bertz CT molecular complexity index is 592. The van der Waals surface area contributed by atoms with E-state index in [1.54, 1.807) is 12.1 Å². The zero-order valence-corrected chi connectivity index (χ0v) is 12.2. The number of carbonyl (C=O) groups is 2. The van der Waals surface area contributed by atoms with Crippen LogP contribution >= 0.6 is 0 Å². The van der Waals surface area contributed by atoms with E-state index in [0.717, 1.165) is 24.0 Å². The molecule has 0 saturated carbocycles. The van der Waals surface area contributed by atoms with Crippen LogP contribution < -0.4 is 4.90 Å². The van der Waals surface area contributed by atoms with Crippen molar-refractivity contribution in [2.24, 2.45) is 0 Å². The van der Waals surface area contributed by atoms with Gasteiger partial charge in [0.25, 0.3) is 0 Å². The number of aryl methyl sites for hydroxylation is 1. The largest absolute Gasteiger partial charge is 0.395 e. The predicted octanol–water partition coefficient (Wildman–Crippen LogP) is 2.16. The van der Waals surface area contributed by atoms with Gasteiger partial charge in [0.15, 0.2) is 0 Å². The maximum atomic E-state index is 12.1. The fourth-order valence-corrected chi connectivity index (χ4v) is 2.30. The molecule has 1 N–H and O–H groups in total. The van der Waals surface area contributed by atoms with Crippen LogP contribution in [-0.4, -0.2) is 23.5 Å². The summed E-state index contributed by atoms with van der Waals surface area (Å²) in [6.45, 7) is 1.95. The van der Waals surface area contributed by atoms with Gasteiger partial charge >= 0.3 is 0 Å². The van der Waals surface area contributed by atoms with Crippen LogP contribution in [0.5, 0.6) is 0 Å². The summed E-state index contributed by atoms with van der Waals surface area (Å²) in [6.07, 6.45) is 2.74. The number of hydrogen-bond donors (Lipinski definition) is 1. The molecule has 0 aliphatic carbocycles. The Morgan fingerprint density at radius 1 is 1.19 bits per heavy atom. The van der Waals surface area contributed by atoms with E-state index >= 15 is 0 Å². The molecule has 1 aliphatic heterocycles. The molecule has 1 fully saturated rings. The smallest absolute Gasteiger partial charge is 0.233 e. The number of hydrogen-bond acceptors (Lipinski definition) is 3. The lowest BCUT2D eigenvalue weighted by molar-refractivity contribution is -0.125. The molecule has 2 amide bonds. The zero-order valence-electron chi connectivity index (χ0n) is 12.2. The van der Waals surface area contributed by atoms with Crippen molar-refractivity contribution < 1.29 is 14.7 Å². The summed E-state index contributed by atoms with van der Waals surface area (Å²) in [6, 6.07) is 5.43. The summed E-state index contributed by atoms with van der Waals surface area (Å²) in [5.41, 5.74) is 2.36. The number of anilines is 1. The quantitative estimate of drug-likeness (QED) is 0.669. The number of rotatable bonds is 2. The first-order valence-corrected chi connectivity index (χ1v) is 7.19. The second kappa shape index (κ2) is 7.05. The van der Waals surface area contributed by atoms with E-state index in [9.17, 15) is 9.59 Å². The van der Waals surface area contributed by atoms with Crippen molar-refractivity contribution in [3.05, 3.63) is 29.3 Å². The van der Waals surface area contributed by atoms with Crippen molar-refractivity contribution in [3.8, 4) is 11.8 Å². The molecule has 4 nitrogen and oxygen atoms in total. The molecule has 1 aromatic rings. The van der Waals surface area contributed by atoms with Gasteiger partial charge < -0.3 is 5.11 Å². The molecular weight excluding hydrogens is 266 g/mol. The third-order valence-corrected chi connectivity index (χ3v) is 3.47. The van der Waals surface area contributed by atoms with Crippen molar-refractivity contribution in [1.29, 1.82) is 0 Å². The van der Waals surface area contributed by atoms with Crippen molar-refractivity contribution >= 4 is 17.5 Å². The normalized spacial score (nSPS) is 15.4. The molecule has 1 aromatic carbocycles. The number of imide groups is 1. The van der Waals surface area contributed by atoms with Crippen LogP contribution in [0.15, 0.2) is 18.2 Å². The lowest BCUT2D eigenvalue weighted by atomic mass is 10.1. The summed E-state index contributed by atoms with van der Waals surface area (Å²) in [5, 5.41) is 8.77. The Kier molecular flexibility index (Phi) is 5.13. The second-order valence-electron chi connectivity index (χ2n) is 5.10. The van der Waals surface area contributed by atoms with Crippen molar-refractivity contribution in [1.82, 2.24) is 0 Å². The van der Waals surface area contributed by atoms with Gasteiger partial charge in [0.05, 0.1) is 12.3 Å². The number of amides is 2. The van der Waals surface area contributed by atoms with Gasteiger partial charge in [-0.05, 0) is 37.5 Å². The highest BCUT2D eigenvalue weighted by Crippen LogP contribution is 2.23. The highest BCUT2D eigenvalue weighted by atomic mass is 16.2. The molecule has 2 rings (SSSR count). The summed E-state index contributed by atoms with van der Waals surface area (Å²) in [4.78, 5) is 25.5. The van der Waals surface area contributed by atoms with Crippen molar-refractivity contribution in [2.75, 3.05) is 11.5 Å². The minimum Gasteiger partial charge on any atom is -0.395 e. The molecule has 0 spiro atoms. The van der Waals surface area contributed by atoms with Crippen LogP contribution in [0.3, 0.4) is 0 Å². The van der Waals surface area contributed by atoms with E-state index in [-0.39, 0.29) is 18.4 Å². The fourth-order valence-electron chi connectivity index (χ4n) is 2.30. The van der Waals surface area contributed by atoms with Gasteiger partial charge in [0, 0.05) is 24.8 Å². The predicted molar refractivity (Wildman–Crippen MR) is 80.7 cm³/mol. The number of aliphatic hydroxyl groups is 1. The molecule has 0 atom stereocenters. The molecule has 110 valence electrons. The number of aliphatic hydroxyl groups excluding tert-OH is 1. The molecule has 0 aromatic heterocycles. The first kappa shape index (κ1) is 15.3. The summed E-state index contributed by atoms with van der Waals surface area (Å²) >= 11 is 0. The van der Waals surface area contributed by atoms with Gasteiger partial charge in [-0.3, -0.25) is 14.5 Å². The van der Waals surface area contributed by atoms with Crippen LogP contribution in [0.2, 0.25) is 0 Å². The molecule has 0 bridgehead atoms. The zero-order chi connectivity index (χ0) is 15.2. The summed E-state index contributed by atoms with van der Waals surface area (Å²) < 4.78 is 0. The van der Waals surface area contributed by atoms with Gasteiger partial charge in [-0.1, -0.05) is 17.9 Å². The van der Waals surface area contributed by atoms with E-state index in [1.807, 2.05) is 13.0 Å². The Morgan fingerprint density at radius 3 is 2.48 bits per heavy atom. The van der Waals surface area contributed by atoms with E-state index in [2.05, 4.69) is 11.8 Å². The van der Waals surface area contributed by atoms with Crippen LogP contribution in [-0.2, 0) is 9.59 Å². The molecule has 0 unspecified atom stereocenters. The maximum Gasteiger partial charge on any atom is 0.233 e. The van der Waals surface area contributed by atoms with E-state index < -0.39 is 0 Å². The van der Waals surface area contributed by atoms with E-state index in [1.165, 1.54) is 4.90 Å². The molecule has 1 heterocycles. The van der Waals surface area contributed by atoms with Gasteiger partial charge in [0.2, 0.25) is 11.8 Å². The number of benzene rings is 1. The van der Waals surface area contributed by atoms with E-state index in [0.29, 0.717) is 24.9 Å². The molecule has 0 radical (unpaired) electrons. The summed E-state index contributed by atoms with van der Waals surface area (Å²) in [7, 11) is 0. The maximum absolute atomic E-state index is 12.1. The summed E-state index contributed by atoms with van der Waals surface area (Å²) in [5.74, 6) is 5.56. The SMILES string of the molecule is Cc1ccc(N2C(=O)CCCCC2=O)cc1C#CCCO. The average molecular weight is 285 g/mol. The number of nitrogens with zero attached hydrogens (tertiary/aromatic N) is 1. The van der Waals surface area contributed by atoms with Crippen LogP contribution in [0.25, 0.3) is 0 Å². The Morgan fingerprint density at radius 2 is 1.86 bits per heavy atom. The standard InChI is InChI=1S/C17H19NO3/c1-13-9-10-15(12-14(13)6-4-5-11-19)18-16(20)7-2-3-8-17(18)21/h9-10,12,19H,2-3,5,7-8,11H2,1H3. The van der Waals surface area contributed by atoms with Gasteiger partial charge in [-0.15, -0.1) is 0 Å². The van der Waals surface area contributed by atoms with Crippen molar-refractivity contribution in [2.45, 2.75) is 39.0 Å². The van der Waals surface area contributed by atoms with Crippen LogP contribution in [0, 0.1) is 18.8 Å². The fraction of sp³-hybridized carbons (Fsp3) is 0.412. The molecule has 1 saturated heterocycles. The molecule has 1 aliphatic rings. The Hall–Kier alpha value is -2.12. The molecule has 21 heavy (non-hydrogen) atoms. The van der Waals surface area contributed by atoms with Crippen LogP contribution in [0.4, 0.5) is 5.69 Å². The van der Waals surface area contributed by atoms with Gasteiger partial charge in [-0.25, -0.2) is 0 Å². The minimum absolute atomic E-state index is 0.0227. The van der Waals surface area contributed by atoms with Crippen molar-refractivity contribution in [3.63, 3.8) is 0 Å². The second-order valence-corrected chi connectivity index (χ2v) is 5.10. The third kappa shape index (κ3) is 3.71. The molecule has 4 heteroatoms. The number of carbonyl (C=O) groups excluding carboxylic acids is 2. The Balaban J connectivity index is 2.35. The highest BCUT2D eigenvalue weighted by molar-refractivity contribution is 6.15. The third-order valence-electron chi connectivity index (χ3n) is 3.47. The highest BCUT2D eigenvalue weighted by Gasteiger charge is 2.25. The minimum atomic E-state index is -0.143. The Labute approximate surface area is 124 Å².